The van der Waals surface area contributed by atoms with Crippen LogP contribution >= 0.6 is 0 Å². The molecule has 9 heteroatoms. The predicted octanol–water partition coefficient (Wildman–Crippen LogP) is 2.43. The molecule has 1 heterocycles. The normalized spacial score (nSPS) is 10.8. The molecule has 0 fully saturated rings. The Hall–Kier alpha value is -1.04. The van der Waals surface area contributed by atoms with Crippen molar-refractivity contribution in [3.63, 3.8) is 0 Å². The molecule has 0 saturated carbocycles. The summed E-state index contributed by atoms with van der Waals surface area (Å²) in [6, 6.07) is -0.265. The van der Waals surface area contributed by atoms with Gasteiger partial charge in [0.25, 0.3) is 5.56 Å². The number of aliphatic hydroxyl groups excluding tert-OH is 1. The molecule has 0 radical (unpaired) electrons. The van der Waals surface area contributed by atoms with Crippen LogP contribution in [0.4, 0.5) is 0 Å². The first kappa shape index (κ1) is 31.7. The average molecular weight is 625 g/mol. The van der Waals surface area contributed by atoms with Crippen molar-refractivity contribution < 1.29 is 41.3 Å². The molecule has 1 atom stereocenters. The third-order valence-electron chi connectivity index (χ3n) is 3.98. The molecule has 0 aromatic carbocycles. The number of rotatable bonds is 8. The molecule has 1 aromatic heterocycles. The first-order valence-corrected chi connectivity index (χ1v) is 9.63. The van der Waals surface area contributed by atoms with Gasteiger partial charge in [0.1, 0.15) is 11.4 Å². The van der Waals surface area contributed by atoms with Gasteiger partial charge in [-0.25, -0.2) is 4.79 Å². The van der Waals surface area contributed by atoms with Crippen molar-refractivity contribution in [2.45, 2.75) is 79.8 Å². The molecule has 162 valence electrons. The summed E-state index contributed by atoms with van der Waals surface area (Å²) in [5.74, 6) is -0.573. The van der Waals surface area contributed by atoms with Gasteiger partial charge >= 0.3 is 5.69 Å². The van der Waals surface area contributed by atoms with Crippen LogP contribution in [0.5, 0.6) is 5.88 Å². The average Bonchev–Trinajstić information content (AvgIpc) is 2.64. The van der Waals surface area contributed by atoms with E-state index in [1.807, 2.05) is 27.7 Å². The van der Waals surface area contributed by atoms with Gasteiger partial charge in [-0.05, 0) is 31.6 Å². The van der Waals surface area contributed by atoms with E-state index in [0.29, 0.717) is 25.2 Å². The topological polar surface area (TPSA) is 134 Å². The summed E-state index contributed by atoms with van der Waals surface area (Å²) >= 11 is 0. The molecule has 0 aliphatic rings. The van der Waals surface area contributed by atoms with E-state index in [2.05, 4.69) is 13.8 Å². The van der Waals surface area contributed by atoms with E-state index in [0.717, 1.165) is 22.7 Å². The van der Waals surface area contributed by atoms with Crippen LogP contribution in [0.25, 0.3) is 0 Å². The molecule has 28 heavy (non-hydrogen) atoms. The zero-order valence-corrected chi connectivity index (χ0v) is 22.5. The Morgan fingerprint density at radius 3 is 2.00 bits per heavy atom. The maximum absolute atomic E-state index is 12.7. The maximum atomic E-state index is 12.7. The number of nitrogen functional groups attached to an aromatic ring is 1. The van der Waals surface area contributed by atoms with E-state index >= 15 is 0 Å². The summed E-state index contributed by atoms with van der Waals surface area (Å²) in [6.07, 6.45) is 2.81. The number of nitrogens with two attached hydrogens (primary N) is 1. The third kappa shape index (κ3) is 8.54. The number of amidine groups is 1. The Morgan fingerprint density at radius 2 is 1.64 bits per heavy atom. The van der Waals surface area contributed by atoms with Crippen LogP contribution in [0, 0.1) is 42.4 Å². The van der Waals surface area contributed by atoms with Crippen molar-refractivity contribution in [2.24, 2.45) is 11.7 Å². The standard InChI is InChI=1S/C16H28N4O3.C2H6.CH4O.U/c1-5-9-19-14(21)12(13(17)18)15(22)20(16(19)23)11(6-2)8-7-10(3)4;2*1-2;/h10-11,21H,5-9H2,1-4H3,(H3,17,18);1-2H3;2H,1H3;. The van der Waals surface area contributed by atoms with Gasteiger partial charge in [-0.1, -0.05) is 41.5 Å². The second kappa shape index (κ2) is 16.9. The second-order valence-corrected chi connectivity index (χ2v) is 6.25. The van der Waals surface area contributed by atoms with Crippen LogP contribution in [0.15, 0.2) is 9.59 Å². The summed E-state index contributed by atoms with van der Waals surface area (Å²) in [4.78, 5) is 25.3. The van der Waals surface area contributed by atoms with Crippen molar-refractivity contribution in [1.29, 1.82) is 5.41 Å². The molecule has 5 N–H and O–H groups in total. The minimum absolute atomic E-state index is 0. The Labute approximate surface area is 192 Å². The SMILES string of the molecule is CC.CCCn1c(O)c(C(=N)N)c(=O)n(C(CC)CCC(C)C)c1=O.CO.[U]. The van der Waals surface area contributed by atoms with E-state index in [1.165, 1.54) is 0 Å². The summed E-state index contributed by atoms with van der Waals surface area (Å²) in [7, 11) is 1.00. The third-order valence-corrected chi connectivity index (χ3v) is 3.98. The Morgan fingerprint density at radius 1 is 1.14 bits per heavy atom. The number of aliphatic hydroxyl groups is 1. The number of nitrogens with zero attached hydrogens (tertiary/aromatic N) is 2. The molecule has 1 aromatic rings. The molecule has 0 aliphatic carbocycles. The first-order valence-electron chi connectivity index (χ1n) is 9.63. The van der Waals surface area contributed by atoms with Crippen LogP contribution in [-0.2, 0) is 6.54 Å². The number of hydrogen-bond donors (Lipinski definition) is 4. The number of aromatic hydroxyl groups is 1. The number of hydrogen-bond acceptors (Lipinski definition) is 5. The fourth-order valence-electron chi connectivity index (χ4n) is 2.68. The largest absolute Gasteiger partial charge is 0.494 e. The van der Waals surface area contributed by atoms with Gasteiger partial charge in [-0.15, -0.1) is 0 Å². The van der Waals surface area contributed by atoms with Gasteiger partial charge in [-0.2, -0.15) is 0 Å². The molecule has 1 unspecified atom stereocenters. The summed E-state index contributed by atoms with van der Waals surface area (Å²) < 4.78 is 2.30. The number of aromatic nitrogens is 2. The van der Waals surface area contributed by atoms with Gasteiger partial charge in [0.2, 0.25) is 5.88 Å². The monoisotopic (exact) mass is 624 g/mol. The fraction of sp³-hybridized carbons (Fsp3) is 0.737. The van der Waals surface area contributed by atoms with Crippen molar-refractivity contribution in [3.05, 3.63) is 26.4 Å². The van der Waals surface area contributed by atoms with Crippen molar-refractivity contribution >= 4 is 5.84 Å². The van der Waals surface area contributed by atoms with E-state index in [9.17, 15) is 14.7 Å². The van der Waals surface area contributed by atoms with Crippen molar-refractivity contribution in [3.8, 4) is 5.88 Å². The van der Waals surface area contributed by atoms with Crippen molar-refractivity contribution in [1.82, 2.24) is 9.13 Å². The molecule has 0 bridgehead atoms. The van der Waals surface area contributed by atoms with Crippen molar-refractivity contribution in [2.75, 3.05) is 7.11 Å². The molecule has 1 rings (SSSR count). The molecule has 0 spiro atoms. The minimum atomic E-state index is -0.678. The second-order valence-electron chi connectivity index (χ2n) is 6.25. The smallest absolute Gasteiger partial charge is 0.334 e. The summed E-state index contributed by atoms with van der Waals surface area (Å²) in [5.41, 5.74) is 3.96. The van der Waals surface area contributed by atoms with E-state index < -0.39 is 23.0 Å². The predicted molar refractivity (Wildman–Crippen MR) is 111 cm³/mol. The maximum Gasteiger partial charge on any atom is 0.334 e. The fourth-order valence-corrected chi connectivity index (χ4v) is 2.68. The van der Waals surface area contributed by atoms with Gasteiger partial charge in [-0.3, -0.25) is 19.3 Å². The summed E-state index contributed by atoms with van der Waals surface area (Å²) in [5, 5.41) is 24.7. The zero-order chi connectivity index (χ0) is 21.7. The Bertz CT molecular complexity index is 684. The Balaban J connectivity index is -0.00000117. The van der Waals surface area contributed by atoms with E-state index in [4.69, 9.17) is 16.2 Å². The van der Waals surface area contributed by atoms with Gasteiger partial charge in [0, 0.05) is 50.8 Å². The van der Waals surface area contributed by atoms with Crippen LogP contribution in [0.1, 0.15) is 78.8 Å². The number of nitrogens with one attached hydrogen (secondary N) is 1. The Kier molecular flexibility index (Phi) is 19.1. The van der Waals surface area contributed by atoms with E-state index in [-0.39, 0.29) is 49.3 Å². The minimum Gasteiger partial charge on any atom is -0.494 e. The van der Waals surface area contributed by atoms with E-state index in [1.54, 1.807) is 0 Å². The molecular formula is C19H38N4O4U. The van der Waals surface area contributed by atoms with Crippen LogP contribution in [-0.4, -0.2) is 32.3 Å². The molecule has 0 amide bonds. The summed E-state index contributed by atoms with van der Waals surface area (Å²) in [6.45, 7) is 12.2. The van der Waals surface area contributed by atoms with Crippen LogP contribution < -0.4 is 17.0 Å². The molecule has 0 saturated heterocycles. The van der Waals surface area contributed by atoms with Gasteiger partial charge in [0.15, 0.2) is 0 Å². The van der Waals surface area contributed by atoms with Crippen LogP contribution in [0.2, 0.25) is 0 Å². The first-order chi connectivity index (χ1) is 12.8. The van der Waals surface area contributed by atoms with Gasteiger partial charge in [0.05, 0.1) is 0 Å². The van der Waals surface area contributed by atoms with Crippen LogP contribution in [0.3, 0.4) is 0 Å². The molecule has 0 aliphatic heterocycles. The molecular weight excluding hydrogens is 586 g/mol. The molecule has 8 nitrogen and oxygen atoms in total. The zero-order valence-electron chi connectivity index (χ0n) is 18.4. The van der Waals surface area contributed by atoms with Gasteiger partial charge < -0.3 is 15.9 Å². The quantitative estimate of drug-likeness (QED) is 0.261.